The van der Waals surface area contributed by atoms with E-state index in [9.17, 15) is 4.79 Å². The van der Waals surface area contributed by atoms with E-state index in [4.69, 9.17) is 0 Å². The maximum Gasteiger partial charge on any atom is 0.255 e. The van der Waals surface area contributed by atoms with Crippen molar-refractivity contribution in [2.45, 2.75) is 0 Å². The average molecular weight is 399 g/mol. The normalized spacial score (nSPS) is 19.5. The van der Waals surface area contributed by atoms with Crippen molar-refractivity contribution >= 4 is 17.3 Å². The fourth-order valence-corrected chi connectivity index (χ4v) is 4.83. The summed E-state index contributed by atoms with van der Waals surface area (Å²) in [5, 5.41) is 3.60. The standard InChI is InChI=1S/C25H26N4O/c30-24(20-8-7-13-26-14-20)28-16-21(15-27-22-9-3-1-4-10-22)25(17-28)18-29(19-25)23-11-5-2-6-12-23/h1-14,21,27H,15-19H2. The first-order valence-electron chi connectivity index (χ1n) is 10.5. The number of pyridine rings is 1. The van der Waals surface area contributed by atoms with Crippen molar-refractivity contribution in [3.8, 4) is 0 Å². The topological polar surface area (TPSA) is 48.5 Å². The van der Waals surface area contributed by atoms with Crippen molar-refractivity contribution in [1.29, 1.82) is 0 Å². The Kier molecular flexibility index (Phi) is 4.87. The summed E-state index contributed by atoms with van der Waals surface area (Å²) in [5.74, 6) is 0.487. The van der Waals surface area contributed by atoms with Gasteiger partial charge in [0.15, 0.2) is 0 Å². The van der Waals surface area contributed by atoms with Gasteiger partial charge in [0.1, 0.15) is 0 Å². The molecule has 2 aromatic carbocycles. The highest BCUT2D eigenvalue weighted by atomic mass is 16.2. The number of amides is 1. The largest absolute Gasteiger partial charge is 0.385 e. The van der Waals surface area contributed by atoms with Crippen LogP contribution >= 0.6 is 0 Å². The van der Waals surface area contributed by atoms with E-state index in [0.717, 1.165) is 38.4 Å². The van der Waals surface area contributed by atoms with Crippen LogP contribution in [0.15, 0.2) is 85.2 Å². The summed E-state index contributed by atoms with van der Waals surface area (Å²) in [6.45, 7) is 4.40. The third-order valence-electron chi connectivity index (χ3n) is 6.47. The first-order valence-corrected chi connectivity index (χ1v) is 10.5. The van der Waals surface area contributed by atoms with Crippen LogP contribution in [0.25, 0.3) is 0 Å². The van der Waals surface area contributed by atoms with Gasteiger partial charge in [-0.25, -0.2) is 0 Å². The van der Waals surface area contributed by atoms with E-state index in [1.807, 2.05) is 35.2 Å². The molecule has 3 aromatic rings. The predicted molar refractivity (Wildman–Crippen MR) is 120 cm³/mol. The summed E-state index contributed by atoms with van der Waals surface area (Å²) in [6, 6.07) is 24.5. The smallest absolute Gasteiger partial charge is 0.255 e. The molecule has 1 N–H and O–H groups in total. The zero-order chi connectivity index (χ0) is 20.4. The Balaban J connectivity index is 1.33. The Bertz CT molecular complexity index is 987. The van der Waals surface area contributed by atoms with E-state index < -0.39 is 0 Å². The number of rotatable bonds is 5. The van der Waals surface area contributed by atoms with E-state index in [-0.39, 0.29) is 11.3 Å². The first kappa shape index (κ1) is 18.7. The number of benzene rings is 2. The third-order valence-corrected chi connectivity index (χ3v) is 6.47. The van der Waals surface area contributed by atoms with Crippen LogP contribution in [-0.2, 0) is 0 Å². The molecule has 1 amide bonds. The number of nitrogens with zero attached hydrogens (tertiary/aromatic N) is 3. The number of para-hydroxylation sites is 2. The monoisotopic (exact) mass is 398 g/mol. The number of nitrogens with one attached hydrogen (secondary N) is 1. The van der Waals surface area contributed by atoms with Gasteiger partial charge in [0.05, 0.1) is 5.56 Å². The zero-order valence-electron chi connectivity index (χ0n) is 16.9. The van der Waals surface area contributed by atoms with Crippen molar-refractivity contribution in [1.82, 2.24) is 9.88 Å². The molecule has 1 aromatic heterocycles. The van der Waals surface area contributed by atoms with Gasteiger partial charge in [0.25, 0.3) is 5.91 Å². The average Bonchev–Trinajstić information content (AvgIpc) is 3.18. The molecular weight excluding hydrogens is 372 g/mol. The SMILES string of the molecule is O=C(c1cccnc1)N1CC(CNc2ccccc2)C2(C1)CN(c1ccccc1)C2. The summed E-state index contributed by atoms with van der Waals surface area (Å²) in [4.78, 5) is 21.7. The van der Waals surface area contributed by atoms with Crippen molar-refractivity contribution in [3.63, 3.8) is 0 Å². The highest BCUT2D eigenvalue weighted by Crippen LogP contribution is 2.46. The second-order valence-corrected chi connectivity index (χ2v) is 8.43. The molecular formula is C25H26N4O. The van der Waals surface area contributed by atoms with Crippen LogP contribution in [0.3, 0.4) is 0 Å². The van der Waals surface area contributed by atoms with Gasteiger partial charge in [-0.3, -0.25) is 9.78 Å². The molecule has 5 heteroatoms. The third kappa shape index (κ3) is 3.52. The summed E-state index contributed by atoms with van der Waals surface area (Å²) in [7, 11) is 0. The van der Waals surface area contributed by atoms with E-state index in [2.05, 4.69) is 57.7 Å². The lowest BCUT2D eigenvalue weighted by Gasteiger charge is -2.52. The Hall–Kier alpha value is -3.34. The van der Waals surface area contributed by atoms with Gasteiger partial charge in [-0.05, 0) is 36.4 Å². The molecule has 3 heterocycles. The van der Waals surface area contributed by atoms with Crippen LogP contribution in [0.5, 0.6) is 0 Å². The highest BCUT2D eigenvalue weighted by Gasteiger charge is 2.55. The lowest BCUT2D eigenvalue weighted by atomic mass is 9.71. The lowest BCUT2D eigenvalue weighted by Crippen LogP contribution is -2.61. The van der Waals surface area contributed by atoms with Crippen LogP contribution in [0.4, 0.5) is 11.4 Å². The van der Waals surface area contributed by atoms with Crippen molar-refractivity contribution < 1.29 is 4.79 Å². The Labute approximate surface area is 177 Å². The maximum absolute atomic E-state index is 13.1. The van der Waals surface area contributed by atoms with Crippen LogP contribution in [-0.4, -0.2) is 48.5 Å². The molecule has 2 aliphatic heterocycles. The molecule has 2 aliphatic rings. The van der Waals surface area contributed by atoms with Gasteiger partial charge in [0, 0.05) is 67.8 Å². The number of carbonyl (C=O) groups is 1. The highest BCUT2D eigenvalue weighted by molar-refractivity contribution is 5.94. The van der Waals surface area contributed by atoms with E-state index in [1.165, 1.54) is 5.69 Å². The van der Waals surface area contributed by atoms with E-state index in [1.54, 1.807) is 12.4 Å². The van der Waals surface area contributed by atoms with Gasteiger partial charge in [-0.2, -0.15) is 0 Å². The summed E-state index contributed by atoms with van der Waals surface area (Å²) in [6.07, 6.45) is 3.38. The molecule has 2 fully saturated rings. The van der Waals surface area contributed by atoms with Crippen molar-refractivity contribution in [2.75, 3.05) is 42.9 Å². The quantitative estimate of drug-likeness (QED) is 0.711. The van der Waals surface area contributed by atoms with Crippen molar-refractivity contribution in [2.24, 2.45) is 11.3 Å². The minimum Gasteiger partial charge on any atom is -0.385 e. The molecule has 0 radical (unpaired) electrons. The Morgan fingerprint density at radius 1 is 0.967 bits per heavy atom. The number of carbonyl (C=O) groups excluding carboxylic acids is 1. The van der Waals surface area contributed by atoms with Gasteiger partial charge in [0.2, 0.25) is 0 Å². The molecule has 152 valence electrons. The second-order valence-electron chi connectivity index (χ2n) is 8.43. The minimum atomic E-state index is 0.0860. The Morgan fingerprint density at radius 3 is 2.40 bits per heavy atom. The number of aromatic nitrogens is 1. The van der Waals surface area contributed by atoms with Crippen LogP contribution in [0.1, 0.15) is 10.4 Å². The number of hydrogen-bond donors (Lipinski definition) is 1. The number of anilines is 2. The molecule has 0 aliphatic carbocycles. The second kappa shape index (κ2) is 7.82. The summed E-state index contributed by atoms with van der Waals surface area (Å²) < 4.78 is 0. The van der Waals surface area contributed by atoms with Gasteiger partial charge < -0.3 is 15.1 Å². The molecule has 1 spiro atoms. The minimum absolute atomic E-state index is 0.0860. The van der Waals surface area contributed by atoms with Crippen molar-refractivity contribution in [3.05, 3.63) is 90.8 Å². The summed E-state index contributed by atoms with van der Waals surface area (Å²) in [5.41, 5.74) is 3.18. The van der Waals surface area contributed by atoms with E-state index >= 15 is 0 Å². The fraction of sp³-hybridized carbons (Fsp3) is 0.280. The number of likely N-dealkylation sites (tertiary alicyclic amines) is 1. The maximum atomic E-state index is 13.1. The number of hydrogen-bond acceptors (Lipinski definition) is 4. The van der Waals surface area contributed by atoms with Crippen LogP contribution in [0, 0.1) is 11.3 Å². The molecule has 2 saturated heterocycles. The van der Waals surface area contributed by atoms with Crippen LogP contribution in [0.2, 0.25) is 0 Å². The van der Waals surface area contributed by atoms with Gasteiger partial charge in [-0.15, -0.1) is 0 Å². The fourth-order valence-electron chi connectivity index (χ4n) is 4.83. The molecule has 5 nitrogen and oxygen atoms in total. The predicted octanol–water partition coefficient (Wildman–Crippen LogP) is 3.77. The molecule has 5 rings (SSSR count). The van der Waals surface area contributed by atoms with Gasteiger partial charge >= 0.3 is 0 Å². The zero-order valence-corrected chi connectivity index (χ0v) is 16.9. The Morgan fingerprint density at radius 2 is 1.70 bits per heavy atom. The molecule has 0 bridgehead atoms. The lowest BCUT2D eigenvalue weighted by molar-refractivity contribution is 0.0762. The van der Waals surface area contributed by atoms with Crippen LogP contribution < -0.4 is 10.2 Å². The van der Waals surface area contributed by atoms with E-state index in [0.29, 0.717) is 11.5 Å². The molecule has 1 atom stereocenters. The first-order chi connectivity index (χ1) is 14.7. The molecule has 0 saturated carbocycles. The molecule has 30 heavy (non-hydrogen) atoms. The summed E-state index contributed by atoms with van der Waals surface area (Å²) >= 11 is 0. The van der Waals surface area contributed by atoms with Gasteiger partial charge in [-0.1, -0.05) is 36.4 Å². The molecule has 1 unspecified atom stereocenters.